The predicted octanol–water partition coefficient (Wildman–Crippen LogP) is 2.50. The van der Waals surface area contributed by atoms with Crippen molar-refractivity contribution in [3.63, 3.8) is 0 Å². The molecule has 0 amide bonds. The van der Waals surface area contributed by atoms with Crippen LogP contribution in [-0.2, 0) is 13.0 Å². The number of nitrogens with zero attached hydrogens (tertiary/aromatic N) is 2. The van der Waals surface area contributed by atoms with E-state index in [4.69, 9.17) is 16.1 Å². The summed E-state index contributed by atoms with van der Waals surface area (Å²) in [6, 6.07) is 4.68. The standard InChI is InChI=1S/C12H13ClFN3O/c1-8-16-12(17-18-8)4-5-15-7-9-2-3-11(14)10(13)6-9/h2-3,6,15H,4-5,7H2,1H3. The lowest BCUT2D eigenvalue weighted by Gasteiger charge is -2.04. The third-order valence-electron chi connectivity index (χ3n) is 2.41. The van der Waals surface area contributed by atoms with E-state index in [0.717, 1.165) is 5.56 Å². The van der Waals surface area contributed by atoms with Gasteiger partial charge in [0.05, 0.1) is 5.02 Å². The molecule has 1 aromatic carbocycles. The summed E-state index contributed by atoms with van der Waals surface area (Å²) in [6.45, 7) is 3.09. The molecular weight excluding hydrogens is 257 g/mol. The van der Waals surface area contributed by atoms with Crippen LogP contribution in [0.4, 0.5) is 4.39 Å². The van der Waals surface area contributed by atoms with Gasteiger partial charge < -0.3 is 9.84 Å². The lowest BCUT2D eigenvalue weighted by atomic mass is 10.2. The molecule has 4 nitrogen and oxygen atoms in total. The van der Waals surface area contributed by atoms with Crippen LogP contribution < -0.4 is 5.32 Å². The normalized spacial score (nSPS) is 10.8. The van der Waals surface area contributed by atoms with Gasteiger partial charge in [-0.2, -0.15) is 4.98 Å². The van der Waals surface area contributed by atoms with Gasteiger partial charge in [0.15, 0.2) is 5.82 Å². The Morgan fingerprint density at radius 2 is 2.28 bits per heavy atom. The minimum atomic E-state index is -0.400. The van der Waals surface area contributed by atoms with Gasteiger partial charge >= 0.3 is 0 Å². The molecule has 1 aromatic heterocycles. The lowest BCUT2D eigenvalue weighted by Crippen LogP contribution is -2.17. The minimum absolute atomic E-state index is 0.142. The van der Waals surface area contributed by atoms with E-state index in [0.29, 0.717) is 31.2 Å². The maximum atomic E-state index is 12.9. The monoisotopic (exact) mass is 269 g/mol. The second kappa shape index (κ2) is 5.93. The highest BCUT2D eigenvalue weighted by Gasteiger charge is 2.03. The van der Waals surface area contributed by atoms with Gasteiger partial charge in [-0.25, -0.2) is 4.39 Å². The number of nitrogens with one attached hydrogen (secondary N) is 1. The molecule has 0 aliphatic rings. The summed E-state index contributed by atoms with van der Waals surface area (Å²) in [7, 11) is 0. The summed E-state index contributed by atoms with van der Waals surface area (Å²) in [6.07, 6.45) is 0.687. The summed E-state index contributed by atoms with van der Waals surface area (Å²) in [5, 5.41) is 7.13. The molecule has 0 unspecified atom stereocenters. The molecule has 96 valence electrons. The maximum Gasteiger partial charge on any atom is 0.223 e. The van der Waals surface area contributed by atoms with Crippen LogP contribution in [0, 0.1) is 12.7 Å². The Morgan fingerprint density at radius 3 is 2.94 bits per heavy atom. The van der Waals surface area contributed by atoms with E-state index in [2.05, 4.69) is 15.5 Å². The molecule has 0 spiro atoms. The number of rotatable bonds is 5. The van der Waals surface area contributed by atoms with Crippen LogP contribution in [0.5, 0.6) is 0 Å². The van der Waals surface area contributed by atoms with Gasteiger partial charge in [0, 0.05) is 26.4 Å². The van der Waals surface area contributed by atoms with Gasteiger partial charge in [-0.1, -0.05) is 22.8 Å². The molecule has 2 aromatic rings. The summed E-state index contributed by atoms with van der Waals surface area (Å²) in [4.78, 5) is 4.09. The van der Waals surface area contributed by atoms with Crippen molar-refractivity contribution >= 4 is 11.6 Å². The van der Waals surface area contributed by atoms with Crippen LogP contribution in [0.15, 0.2) is 22.7 Å². The average Bonchev–Trinajstić information content (AvgIpc) is 2.75. The average molecular weight is 270 g/mol. The number of hydrogen-bond acceptors (Lipinski definition) is 4. The largest absolute Gasteiger partial charge is 0.340 e. The molecule has 0 aliphatic heterocycles. The first-order valence-corrected chi connectivity index (χ1v) is 5.97. The van der Waals surface area contributed by atoms with Crippen LogP contribution in [-0.4, -0.2) is 16.7 Å². The lowest BCUT2D eigenvalue weighted by molar-refractivity contribution is 0.387. The van der Waals surface area contributed by atoms with Crippen LogP contribution in [0.1, 0.15) is 17.3 Å². The molecule has 0 saturated carbocycles. The molecule has 0 saturated heterocycles. The van der Waals surface area contributed by atoms with Crippen molar-refractivity contribution in [2.45, 2.75) is 19.9 Å². The zero-order valence-corrected chi connectivity index (χ0v) is 10.7. The Hall–Kier alpha value is -1.46. The smallest absolute Gasteiger partial charge is 0.223 e. The van der Waals surface area contributed by atoms with E-state index in [-0.39, 0.29) is 5.02 Å². The summed E-state index contributed by atoms with van der Waals surface area (Å²) in [5.74, 6) is 0.843. The van der Waals surface area contributed by atoms with Crippen molar-refractivity contribution in [3.05, 3.63) is 46.3 Å². The molecular formula is C12H13ClFN3O. The molecule has 0 radical (unpaired) electrons. The maximum absolute atomic E-state index is 12.9. The zero-order valence-electron chi connectivity index (χ0n) is 9.91. The Morgan fingerprint density at radius 1 is 1.44 bits per heavy atom. The predicted molar refractivity (Wildman–Crippen MR) is 65.9 cm³/mol. The van der Waals surface area contributed by atoms with E-state index < -0.39 is 5.82 Å². The summed E-state index contributed by atoms with van der Waals surface area (Å²) < 4.78 is 17.8. The Balaban J connectivity index is 1.76. The second-order valence-electron chi connectivity index (χ2n) is 3.90. The number of halogens is 2. The first-order chi connectivity index (χ1) is 8.65. The molecule has 6 heteroatoms. The molecule has 0 atom stereocenters. The second-order valence-corrected chi connectivity index (χ2v) is 4.31. The van der Waals surface area contributed by atoms with Crippen molar-refractivity contribution < 1.29 is 8.91 Å². The first kappa shape index (κ1) is 13.0. The van der Waals surface area contributed by atoms with Crippen LogP contribution in [0.2, 0.25) is 5.02 Å². The van der Waals surface area contributed by atoms with Crippen molar-refractivity contribution in [2.24, 2.45) is 0 Å². The van der Waals surface area contributed by atoms with E-state index in [1.165, 1.54) is 6.07 Å². The zero-order chi connectivity index (χ0) is 13.0. The Bertz CT molecular complexity index is 530. The third-order valence-corrected chi connectivity index (χ3v) is 2.70. The third kappa shape index (κ3) is 3.51. The number of aromatic nitrogens is 2. The summed E-state index contributed by atoms with van der Waals surface area (Å²) >= 11 is 5.69. The SMILES string of the molecule is Cc1nc(CCNCc2ccc(F)c(Cl)c2)no1. The van der Waals surface area contributed by atoms with E-state index in [1.807, 2.05) is 0 Å². The van der Waals surface area contributed by atoms with E-state index >= 15 is 0 Å². The minimum Gasteiger partial charge on any atom is -0.340 e. The molecule has 0 aliphatic carbocycles. The van der Waals surface area contributed by atoms with Crippen molar-refractivity contribution in [2.75, 3.05) is 6.54 Å². The molecule has 0 bridgehead atoms. The fourth-order valence-corrected chi connectivity index (χ4v) is 1.73. The van der Waals surface area contributed by atoms with Crippen LogP contribution >= 0.6 is 11.6 Å². The highest BCUT2D eigenvalue weighted by Crippen LogP contribution is 2.15. The van der Waals surface area contributed by atoms with Gasteiger partial charge in [-0.3, -0.25) is 0 Å². The quantitative estimate of drug-likeness (QED) is 0.848. The summed E-state index contributed by atoms with van der Waals surface area (Å²) in [5.41, 5.74) is 0.936. The topological polar surface area (TPSA) is 51.0 Å². The van der Waals surface area contributed by atoms with Gasteiger partial charge in [0.25, 0.3) is 0 Å². The number of aryl methyl sites for hydroxylation is 1. The van der Waals surface area contributed by atoms with Crippen molar-refractivity contribution in [3.8, 4) is 0 Å². The van der Waals surface area contributed by atoms with Gasteiger partial charge in [0.2, 0.25) is 5.89 Å². The molecule has 0 fully saturated rings. The van der Waals surface area contributed by atoms with Crippen molar-refractivity contribution in [1.29, 1.82) is 0 Å². The number of benzene rings is 1. The van der Waals surface area contributed by atoms with Crippen molar-refractivity contribution in [1.82, 2.24) is 15.5 Å². The highest BCUT2D eigenvalue weighted by molar-refractivity contribution is 6.30. The molecule has 1 heterocycles. The van der Waals surface area contributed by atoms with Crippen LogP contribution in [0.25, 0.3) is 0 Å². The van der Waals surface area contributed by atoms with Gasteiger partial charge in [0.1, 0.15) is 5.82 Å². The van der Waals surface area contributed by atoms with E-state index in [9.17, 15) is 4.39 Å². The Kier molecular flexibility index (Phi) is 4.28. The van der Waals surface area contributed by atoms with Crippen LogP contribution in [0.3, 0.4) is 0 Å². The van der Waals surface area contributed by atoms with E-state index in [1.54, 1.807) is 19.1 Å². The fourth-order valence-electron chi connectivity index (χ4n) is 1.53. The van der Waals surface area contributed by atoms with Gasteiger partial charge in [-0.15, -0.1) is 0 Å². The Labute approximate surface area is 109 Å². The first-order valence-electron chi connectivity index (χ1n) is 5.59. The number of hydrogen-bond donors (Lipinski definition) is 1. The molecule has 1 N–H and O–H groups in total. The molecule has 18 heavy (non-hydrogen) atoms. The fraction of sp³-hybridized carbons (Fsp3) is 0.333. The highest BCUT2D eigenvalue weighted by atomic mass is 35.5. The van der Waals surface area contributed by atoms with Gasteiger partial charge in [-0.05, 0) is 17.7 Å². The molecule has 2 rings (SSSR count).